The molecule has 4 N–H and O–H groups in total. The number of nitrogens with one attached hydrogen (secondary N) is 2. The summed E-state index contributed by atoms with van der Waals surface area (Å²) in [7, 11) is -1.90. The minimum Gasteiger partial charge on any atom is -0.356 e. The number of unbranched alkanes of at least 4 members (excludes halogenated alkanes) is 3. The van der Waals surface area contributed by atoms with E-state index in [9.17, 15) is 8.42 Å². The van der Waals surface area contributed by atoms with Crippen molar-refractivity contribution in [2.24, 2.45) is 10.1 Å². The highest BCUT2D eigenvalue weighted by Crippen LogP contribution is 2.08. The molecule has 0 aromatic heterocycles. The number of rotatable bonds is 8. The monoisotopic (exact) mass is 326 g/mol. The number of hydrogen-bond acceptors (Lipinski definition) is 3. The zero-order chi connectivity index (χ0) is 16.4. The second kappa shape index (κ2) is 9.42. The number of aliphatic imine (C=N–C) groups is 1. The van der Waals surface area contributed by atoms with E-state index < -0.39 is 10.0 Å². The van der Waals surface area contributed by atoms with Crippen LogP contribution in [0, 0.1) is 0 Å². The van der Waals surface area contributed by atoms with Crippen molar-refractivity contribution in [2.45, 2.75) is 44.0 Å². The first kappa shape index (κ1) is 18.4. The molecule has 0 spiro atoms. The van der Waals surface area contributed by atoms with Crippen molar-refractivity contribution in [1.29, 1.82) is 0 Å². The summed E-state index contributed by atoms with van der Waals surface area (Å²) in [6.45, 7) is 3.65. The smallest absolute Gasteiger partial charge is 0.238 e. The molecule has 0 radical (unpaired) electrons. The van der Waals surface area contributed by atoms with Gasteiger partial charge in [0, 0.05) is 20.1 Å². The van der Waals surface area contributed by atoms with E-state index >= 15 is 0 Å². The first-order valence-corrected chi connectivity index (χ1v) is 9.08. The largest absolute Gasteiger partial charge is 0.356 e. The van der Waals surface area contributed by atoms with Crippen molar-refractivity contribution in [3.63, 3.8) is 0 Å². The van der Waals surface area contributed by atoms with E-state index in [1.807, 2.05) is 0 Å². The van der Waals surface area contributed by atoms with Crippen LogP contribution in [0.5, 0.6) is 0 Å². The van der Waals surface area contributed by atoms with Gasteiger partial charge < -0.3 is 10.6 Å². The maximum Gasteiger partial charge on any atom is 0.238 e. The Morgan fingerprint density at radius 1 is 1.14 bits per heavy atom. The summed E-state index contributed by atoms with van der Waals surface area (Å²) in [5, 5.41) is 11.5. The van der Waals surface area contributed by atoms with Crippen molar-refractivity contribution < 1.29 is 8.42 Å². The van der Waals surface area contributed by atoms with E-state index in [4.69, 9.17) is 5.14 Å². The fourth-order valence-corrected chi connectivity index (χ4v) is 2.48. The highest BCUT2D eigenvalue weighted by Gasteiger charge is 2.06. The quantitative estimate of drug-likeness (QED) is 0.384. The van der Waals surface area contributed by atoms with Crippen LogP contribution in [0.1, 0.15) is 38.2 Å². The van der Waals surface area contributed by atoms with Gasteiger partial charge in [0.25, 0.3) is 0 Å². The first-order chi connectivity index (χ1) is 10.5. The summed E-state index contributed by atoms with van der Waals surface area (Å²) in [5.74, 6) is 0.743. The van der Waals surface area contributed by atoms with Crippen LogP contribution in [-0.2, 0) is 16.6 Å². The number of nitrogens with two attached hydrogens (primary N) is 1. The van der Waals surface area contributed by atoms with E-state index in [1.165, 1.54) is 31.4 Å². The standard InChI is InChI=1S/C15H26N4O2S/c1-3-4-5-6-11-18-15(17-2)19-12-13-7-9-14(10-8-13)22(16,20)21/h7-10H,3-6,11-12H2,1-2H3,(H2,16,20,21)(H2,17,18,19). The second-order valence-corrected chi connectivity index (χ2v) is 6.66. The van der Waals surface area contributed by atoms with Crippen LogP contribution in [-0.4, -0.2) is 28.0 Å². The van der Waals surface area contributed by atoms with Gasteiger partial charge in [-0.2, -0.15) is 0 Å². The number of benzene rings is 1. The van der Waals surface area contributed by atoms with Crippen LogP contribution >= 0.6 is 0 Å². The molecule has 0 atom stereocenters. The topological polar surface area (TPSA) is 96.6 Å². The summed E-state index contributed by atoms with van der Waals surface area (Å²) in [6.07, 6.45) is 4.82. The molecule has 6 nitrogen and oxygen atoms in total. The molecule has 124 valence electrons. The van der Waals surface area contributed by atoms with Crippen LogP contribution in [0.3, 0.4) is 0 Å². The Bertz CT molecular complexity index is 568. The fourth-order valence-electron chi connectivity index (χ4n) is 1.96. The number of hydrogen-bond donors (Lipinski definition) is 3. The lowest BCUT2D eigenvalue weighted by molar-refractivity contribution is 0.597. The Balaban J connectivity index is 2.40. The number of guanidine groups is 1. The maximum absolute atomic E-state index is 11.2. The normalized spacial score (nSPS) is 12.2. The molecule has 0 aliphatic carbocycles. The highest BCUT2D eigenvalue weighted by atomic mass is 32.2. The van der Waals surface area contributed by atoms with Gasteiger partial charge in [-0.3, -0.25) is 4.99 Å². The zero-order valence-electron chi connectivity index (χ0n) is 13.3. The van der Waals surface area contributed by atoms with Crippen molar-refractivity contribution in [3.8, 4) is 0 Å². The van der Waals surface area contributed by atoms with Crippen molar-refractivity contribution in [2.75, 3.05) is 13.6 Å². The molecule has 1 aromatic carbocycles. The van der Waals surface area contributed by atoms with E-state index in [-0.39, 0.29) is 4.90 Å². The summed E-state index contributed by atoms with van der Waals surface area (Å²) >= 11 is 0. The molecular weight excluding hydrogens is 300 g/mol. The Morgan fingerprint density at radius 2 is 1.82 bits per heavy atom. The third-order valence-electron chi connectivity index (χ3n) is 3.26. The average Bonchev–Trinajstić information content (AvgIpc) is 2.49. The molecular formula is C15H26N4O2S. The summed E-state index contributed by atoms with van der Waals surface area (Å²) in [4.78, 5) is 4.28. The minimum absolute atomic E-state index is 0.120. The van der Waals surface area contributed by atoms with Crippen molar-refractivity contribution >= 4 is 16.0 Å². The fraction of sp³-hybridized carbons (Fsp3) is 0.533. The number of primary sulfonamides is 1. The third-order valence-corrected chi connectivity index (χ3v) is 4.19. The molecule has 0 saturated carbocycles. The molecule has 0 saturated heterocycles. The Kier molecular flexibility index (Phi) is 7.90. The predicted molar refractivity (Wildman–Crippen MR) is 90.2 cm³/mol. The number of nitrogens with zero attached hydrogens (tertiary/aromatic N) is 1. The molecule has 0 unspecified atom stereocenters. The molecule has 0 fully saturated rings. The second-order valence-electron chi connectivity index (χ2n) is 5.10. The van der Waals surface area contributed by atoms with E-state index in [2.05, 4.69) is 22.5 Å². The molecule has 1 rings (SSSR count). The van der Waals surface area contributed by atoms with Gasteiger partial charge in [-0.15, -0.1) is 0 Å². The average molecular weight is 326 g/mol. The van der Waals surface area contributed by atoms with E-state index in [0.29, 0.717) is 6.54 Å². The SMILES string of the molecule is CCCCCCNC(=NC)NCc1ccc(S(N)(=O)=O)cc1. The van der Waals surface area contributed by atoms with Crippen molar-refractivity contribution in [1.82, 2.24) is 10.6 Å². The van der Waals surface area contributed by atoms with Gasteiger partial charge in [0.15, 0.2) is 5.96 Å². The molecule has 0 heterocycles. The van der Waals surface area contributed by atoms with Crippen molar-refractivity contribution in [3.05, 3.63) is 29.8 Å². The lowest BCUT2D eigenvalue weighted by atomic mass is 10.2. The minimum atomic E-state index is -3.63. The Labute approximate surface area is 133 Å². The van der Waals surface area contributed by atoms with E-state index in [1.54, 1.807) is 19.2 Å². The van der Waals surface area contributed by atoms with Crippen LogP contribution < -0.4 is 15.8 Å². The molecule has 22 heavy (non-hydrogen) atoms. The van der Waals surface area contributed by atoms with Gasteiger partial charge in [-0.1, -0.05) is 38.3 Å². The Hall–Kier alpha value is -1.60. The summed E-state index contributed by atoms with van der Waals surface area (Å²) in [5.41, 5.74) is 0.960. The van der Waals surface area contributed by atoms with Gasteiger partial charge in [-0.25, -0.2) is 13.6 Å². The summed E-state index contributed by atoms with van der Waals surface area (Å²) < 4.78 is 22.4. The molecule has 0 amide bonds. The lowest BCUT2D eigenvalue weighted by Gasteiger charge is -2.12. The van der Waals surface area contributed by atoms with Gasteiger partial charge in [0.05, 0.1) is 4.90 Å². The van der Waals surface area contributed by atoms with Gasteiger partial charge in [0.1, 0.15) is 0 Å². The molecule has 0 bridgehead atoms. The third kappa shape index (κ3) is 6.91. The molecule has 0 aliphatic rings. The molecule has 7 heteroatoms. The van der Waals surface area contributed by atoms with Gasteiger partial charge >= 0.3 is 0 Å². The number of sulfonamides is 1. The first-order valence-electron chi connectivity index (χ1n) is 7.53. The van der Waals surface area contributed by atoms with Crippen LogP contribution in [0.4, 0.5) is 0 Å². The lowest BCUT2D eigenvalue weighted by Crippen LogP contribution is -2.37. The van der Waals surface area contributed by atoms with Gasteiger partial charge in [0.2, 0.25) is 10.0 Å². The zero-order valence-corrected chi connectivity index (χ0v) is 14.1. The van der Waals surface area contributed by atoms with E-state index in [0.717, 1.165) is 24.5 Å². The predicted octanol–water partition coefficient (Wildman–Crippen LogP) is 1.58. The molecule has 1 aromatic rings. The highest BCUT2D eigenvalue weighted by molar-refractivity contribution is 7.89. The van der Waals surface area contributed by atoms with Crippen LogP contribution in [0.15, 0.2) is 34.2 Å². The molecule has 0 aliphatic heterocycles. The maximum atomic E-state index is 11.2. The Morgan fingerprint density at radius 3 is 2.36 bits per heavy atom. The van der Waals surface area contributed by atoms with Gasteiger partial charge in [-0.05, 0) is 24.1 Å². The van der Waals surface area contributed by atoms with Crippen LogP contribution in [0.25, 0.3) is 0 Å². The van der Waals surface area contributed by atoms with Crippen LogP contribution in [0.2, 0.25) is 0 Å². The summed E-state index contributed by atoms with van der Waals surface area (Å²) in [6, 6.07) is 6.49.